The predicted octanol–water partition coefficient (Wildman–Crippen LogP) is 3.05. The summed E-state index contributed by atoms with van der Waals surface area (Å²) in [4.78, 5) is 11.2. The summed E-state index contributed by atoms with van der Waals surface area (Å²) in [5.74, 6) is -0.194. The molecule has 0 aliphatic heterocycles. The van der Waals surface area contributed by atoms with Crippen LogP contribution in [0, 0.1) is 5.82 Å². The molecule has 0 saturated heterocycles. The van der Waals surface area contributed by atoms with Gasteiger partial charge in [0.05, 0.1) is 18.0 Å². The van der Waals surface area contributed by atoms with Crippen LogP contribution >= 0.6 is 15.9 Å². The summed E-state index contributed by atoms with van der Waals surface area (Å²) in [6, 6.07) is 5.68. The molecule has 0 radical (unpaired) electrons. The van der Waals surface area contributed by atoms with E-state index in [4.69, 9.17) is 9.47 Å². The normalized spacial score (nSPS) is 11.1. The third-order valence-corrected chi connectivity index (χ3v) is 2.29. The molecule has 1 aromatic rings. The average molecular weight is 303 g/mol. The minimum Gasteiger partial charge on any atom is -0.463 e. The summed E-state index contributed by atoms with van der Waals surface area (Å²) in [5, 5.41) is 0.336. The smallest absolute Gasteiger partial charge is 0.334 e. The first-order valence-electron chi connectivity index (χ1n) is 5.02. The van der Waals surface area contributed by atoms with E-state index in [-0.39, 0.29) is 0 Å². The van der Waals surface area contributed by atoms with E-state index >= 15 is 0 Å². The van der Waals surface area contributed by atoms with Crippen LogP contribution in [0.15, 0.2) is 36.1 Å². The van der Waals surface area contributed by atoms with Crippen molar-refractivity contribution in [1.82, 2.24) is 0 Å². The zero-order chi connectivity index (χ0) is 12.7. The van der Waals surface area contributed by atoms with Gasteiger partial charge < -0.3 is 9.47 Å². The Morgan fingerprint density at radius 3 is 2.88 bits per heavy atom. The zero-order valence-corrected chi connectivity index (χ0v) is 10.9. The van der Waals surface area contributed by atoms with E-state index < -0.39 is 11.8 Å². The Kier molecular flexibility index (Phi) is 5.69. The first-order chi connectivity index (χ1) is 8.15. The van der Waals surface area contributed by atoms with Crippen LogP contribution in [0.1, 0.15) is 6.92 Å². The van der Waals surface area contributed by atoms with Gasteiger partial charge in [0.15, 0.2) is 0 Å². The van der Waals surface area contributed by atoms with Crippen LogP contribution in [0.25, 0.3) is 0 Å². The Hall–Kier alpha value is -1.36. The fraction of sp³-hybridized carbons (Fsp3) is 0.250. The van der Waals surface area contributed by atoms with E-state index in [1.165, 1.54) is 24.3 Å². The first-order valence-corrected chi connectivity index (χ1v) is 6.14. The molecule has 92 valence electrons. The lowest BCUT2D eigenvalue weighted by Gasteiger charge is -2.07. The van der Waals surface area contributed by atoms with Crippen LogP contribution in [-0.4, -0.2) is 17.9 Å². The van der Waals surface area contributed by atoms with Gasteiger partial charge in [-0.05, 0) is 19.1 Å². The number of alkyl halides is 1. The van der Waals surface area contributed by atoms with Gasteiger partial charge in [0.2, 0.25) is 0 Å². The SMILES string of the molecule is CCOC(=O)/C=C(\CBr)Oc1cccc(F)c1. The first kappa shape index (κ1) is 13.7. The Morgan fingerprint density at radius 2 is 2.29 bits per heavy atom. The van der Waals surface area contributed by atoms with Crippen LogP contribution in [0.5, 0.6) is 5.75 Å². The van der Waals surface area contributed by atoms with Crippen molar-refractivity contribution in [3.8, 4) is 5.75 Å². The lowest BCUT2D eigenvalue weighted by molar-refractivity contribution is -0.137. The highest BCUT2D eigenvalue weighted by Gasteiger charge is 2.05. The van der Waals surface area contributed by atoms with Crippen molar-refractivity contribution in [3.05, 3.63) is 41.9 Å². The van der Waals surface area contributed by atoms with Gasteiger partial charge in [0.25, 0.3) is 0 Å². The molecule has 0 bridgehead atoms. The molecule has 0 unspecified atom stereocenters. The van der Waals surface area contributed by atoms with Crippen LogP contribution < -0.4 is 4.74 Å². The molecule has 1 rings (SSSR count). The number of carbonyl (C=O) groups is 1. The van der Waals surface area contributed by atoms with Crippen molar-refractivity contribution in [2.75, 3.05) is 11.9 Å². The van der Waals surface area contributed by atoms with Gasteiger partial charge in [0, 0.05) is 6.07 Å². The van der Waals surface area contributed by atoms with Gasteiger partial charge in [-0.15, -0.1) is 0 Å². The minimum atomic E-state index is -0.488. The lowest BCUT2D eigenvalue weighted by atomic mass is 10.3. The molecule has 0 saturated carbocycles. The number of benzene rings is 1. The van der Waals surface area contributed by atoms with Gasteiger partial charge in [-0.25, -0.2) is 9.18 Å². The number of rotatable bonds is 5. The molecule has 0 spiro atoms. The van der Waals surface area contributed by atoms with Crippen molar-refractivity contribution in [2.24, 2.45) is 0 Å². The van der Waals surface area contributed by atoms with E-state index in [9.17, 15) is 9.18 Å². The van der Waals surface area contributed by atoms with E-state index in [2.05, 4.69) is 15.9 Å². The Bertz CT molecular complexity index is 418. The van der Waals surface area contributed by atoms with Crippen LogP contribution in [0.4, 0.5) is 4.39 Å². The maximum atomic E-state index is 12.9. The Labute approximate surface area is 107 Å². The zero-order valence-electron chi connectivity index (χ0n) is 9.28. The fourth-order valence-electron chi connectivity index (χ4n) is 1.09. The molecule has 17 heavy (non-hydrogen) atoms. The van der Waals surface area contributed by atoms with Gasteiger partial charge in [-0.3, -0.25) is 0 Å². The summed E-state index contributed by atoms with van der Waals surface area (Å²) in [7, 11) is 0. The number of allylic oxidation sites excluding steroid dienone is 1. The number of ether oxygens (including phenoxy) is 2. The molecule has 0 atom stereocenters. The molecule has 0 aliphatic rings. The van der Waals surface area contributed by atoms with E-state index in [1.807, 2.05) is 0 Å². The number of esters is 1. The summed E-state index contributed by atoms with van der Waals surface area (Å²) < 4.78 is 23.0. The largest absolute Gasteiger partial charge is 0.463 e. The topological polar surface area (TPSA) is 35.5 Å². The molecule has 1 aromatic carbocycles. The van der Waals surface area contributed by atoms with E-state index in [0.717, 1.165) is 0 Å². The van der Waals surface area contributed by atoms with Crippen LogP contribution in [-0.2, 0) is 9.53 Å². The highest BCUT2D eigenvalue weighted by Crippen LogP contribution is 2.16. The number of halogens is 2. The second-order valence-electron chi connectivity index (χ2n) is 3.06. The molecule has 0 aromatic heterocycles. The molecular weight excluding hydrogens is 291 g/mol. The molecule has 0 amide bonds. The average Bonchev–Trinajstić information content (AvgIpc) is 2.28. The molecule has 3 nitrogen and oxygen atoms in total. The van der Waals surface area contributed by atoms with Gasteiger partial charge in [0.1, 0.15) is 17.3 Å². The van der Waals surface area contributed by atoms with Crippen molar-refractivity contribution in [1.29, 1.82) is 0 Å². The molecule has 0 aliphatic carbocycles. The fourth-order valence-corrected chi connectivity index (χ4v) is 1.37. The van der Waals surface area contributed by atoms with Crippen LogP contribution in [0.3, 0.4) is 0 Å². The Morgan fingerprint density at radius 1 is 1.53 bits per heavy atom. The van der Waals surface area contributed by atoms with Crippen molar-refractivity contribution < 1.29 is 18.7 Å². The Balaban J connectivity index is 2.73. The summed E-state index contributed by atoms with van der Waals surface area (Å²) in [6.45, 7) is 2.01. The number of hydrogen-bond acceptors (Lipinski definition) is 3. The third kappa shape index (κ3) is 4.99. The maximum Gasteiger partial charge on any atom is 0.334 e. The highest BCUT2D eigenvalue weighted by molar-refractivity contribution is 9.09. The molecule has 0 fully saturated rings. The van der Waals surface area contributed by atoms with E-state index in [1.54, 1.807) is 13.0 Å². The van der Waals surface area contributed by atoms with Crippen molar-refractivity contribution >= 4 is 21.9 Å². The number of carbonyl (C=O) groups excluding carboxylic acids is 1. The van der Waals surface area contributed by atoms with Gasteiger partial charge >= 0.3 is 5.97 Å². The van der Waals surface area contributed by atoms with Gasteiger partial charge in [-0.2, -0.15) is 0 Å². The monoisotopic (exact) mass is 302 g/mol. The number of hydrogen-bond donors (Lipinski definition) is 0. The minimum absolute atomic E-state index is 0.296. The predicted molar refractivity (Wildman–Crippen MR) is 65.5 cm³/mol. The molecule has 0 N–H and O–H groups in total. The quantitative estimate of drug-likeness (QED) is 0.363. The summed E-state index contributed by atoms with van der Waals surface area (Å²) in [6.07, 6.45) is 1.23. The summed E-state index contributed by atoms with van der Waals surface area (Å²) >= 11 is 3.18. The van der Waals surface area contributed by atoms with Gasteiger partial charge in [-0.1, -0.05) is 22.0 Å². The van der Waals surface area contributed by atoms with Crippen LogP contribution in [0.2, 0.25) is 0 Å². The standard InChI is InChI=1S/C12H12BrFO3/c1-2-16-12(15)7-11(8-13)17-10-5-3-4-9(14)6-10/h3-7H,2,8H2,1H3/b11-7+. The third-order valence-electron chi connectivity index (χ3n) is 1.74. The highest BCUT2D eigenvalue weighted by atomic mass is 79.9. The van der Waals surface area contributed by atoms with Crippen molar-refractivity contribution in [3.63, 3.8) is 0 Å². The molecular formula is C12H12BrFO3. The second kappa shape index (κ2) is 7.06. The summed E-state index contributed by atoms with van der Waals surface area (Å²) in [5.41, 5.74) is 0. The molecule has 5 heteroatoms. The molecule has 0 heterocycles. The lowest BCUT2D eigenvalue weighted by Crippen LogP contribution is -2.05. The van der Waals surface area contributed by atoms with Crippen molar-refractivity contribution in [2.45, 2.75) is 6.92 Å². The second-order valence-corrected chi connectivity index (χ2v) is 3.62. The maximum absolute atomic E-state index is 12.9. The van der Waals surface area contributed by atoms with E-state index in [0.29, 0.717) is 23.4 Å².